The first-order chi connectivity index (χ1) is 7.90. The molecule has 88 valence electrons. The van der Waals surface area contributed by atoms with Gasteiger partial charge in [-0.25, -0.2) is 5.90 Å². The van der Waals surface area contributed by atoms with E-state index in [1.807, 2.05) is 18.2 Å². The van der Waals surface area contributed by atoms with Crippen LogP contribution in [0.4, 0.5) is 0 Å². The van der Waals surface area contributed by atoms with Crippen LogP contribution in [0.5, 0.6) is 0 Å². The van der Waals surface area contributed by atoms with Crippen LogP contribution >= 0.6 is 0 Å². The summed E-state index contributed by atoms with van der Waals surface area (Å²) < 4.78 is 0. The maximum Gasteiger partial charge on any atom is 0.104 e. The van der Waals surface area contributed by atoms with Crippen molar-refractivity contribution in [2.75, 3.05) is 0 Å². The van der Waals surface area contributed by atoms with E-state index in [4.69, 9.17) is 10.7 Å². The highest BCUT2D eigenvalue weighted by atomic mass is 16.6. The van der Waals surface area contributed by atoms with Crippen molar-refractivity contribution >= 4 is 0 Å². The third kappa shape index (κ3) is 3.06. The summed E-state index contributed by atoms with van der Waals surface area (Å²) in [5.41, 5.74) is 1.20. The van der Waals surface area contributed by atoms with Crippen LogP contribution in [0.2, 0.25) is 0 Å². The summed E-state index contributed by atoms with van der Waals surface area (Å²) in [5.74, 6) is 6.22. The number of hydrogen-bond acceptors (Lipinski definition) is 2. The van der Waals surface area contributed by atoms with Crippen LogP contribution in [0.1, 0.15) is 50.2 Å². The van der Waals surface area contributed by atoms with Crippen LogP contribution in [-0.4, -0.2) is 0 Å². The topological polar surface area (TPSA) is 35.2 Å². The molecule has 0 saturated heterocycles. The molecule has 0 bridgehead atoms. The van der Waals surface area contributed by atoms with Gasteiger partial charge in [0.2, 0.25) is 0 Å². The second-order valence-corrected chi connectivity index (χ2v) is 4.78. The predicted molar refractivity (Wildman–Crippen MR) is 65.6 cm³/mol. The van der Waals surface area contributed by atoms with Crippen LogP contribution in [0.3, 0.4) is 0 Å². The Labute approximate surface area is 97.8 Å². The third-order valence-corrected chi connectivity index (χ3v) is 3.61. The lowest BCUT2D eigenvalue weighted by molar-refractivity contribution is 0.0300. The number of nitrogens with two attached hydrogens (primary N) is 1. The minimum absolute atomic E-state index is 0.0734. The van der Waals surface area contributed by atoms with E-state index in [0.717, 1.165) is 12.3 Å². The standard InChI is InChI=1S/C14H21NO/c15-16-14(13-9-5-2-6-10-13)11-12-7-3-1-4-8-12/h2,5-6,9-10,12,14H,1,3-4,7-8,11,15H2. The summed E-state index contributed by atoms with van der Waals surface area (Å²) in [7, 11) is 0. The Kier molecular flexibility index (Phi) is 4.37. The molecule has 1 saturated carbocycles. The SMILES string of the molecule is NOC(CC1CCCCC1)c1ccccc1. The average molecular weight is 219 g/mol. The molecule has 0 aliphatic heterocycles. The third-order valence-electron chi connectivity index (χ3n) is 3.61. The molecule has 16 heavy (non-hydrogen) atoms. The van der Waals surface area contributed by atoms with Gasteiger partial charge in [0.15, 0.2) is 0 Å². The van der Waals surface area contributed by atoms with Crippen LogP contribution in [-0.2, 0) is 4.84 Å². The van der Waals surface area contributed by atoms with Crippen molar-refractivity contribution < 1.29 is 4.84 Å². The van der Waals surface area contributed by atoms with Gasteiger partial charge in [-0.2, -0.15) is 0 Å². The maximum atomic E-state index is 5.42. The van der Waals surface area contributed by atoms with E-state index in [-0.39, 0.29) is 6.10 Å². The molecule has 2 rings (SSSR count). The zero-order valence-electron chi connectivity index (χ0n) is 9.77. The average Bonchev–Trinajstić information content (AvgIpc) is 2.38. The zero-order valence-corrected chi connectivity index (χ0v) is 9.77. The Morgan fingerprint density at radius 2 is 1.81 bits per heavy atom. The largest absolute Gasteiger partial charge is 0.297 e. The van der Waals surface area contributed by atoms with E-state index in [2.05, 4.69) is 12.1 Å². The van der Waals surface area contributed by atoms with E-state index in [0.29, 0.717) is 0 Å². The molecule has 0 spiro atoms. The van der Waals surface area contributed by atoms with Crippen LogP contribution in [0, 0.1) is 5.92 Å². The van der Waals surface area contributed by atoms with E-state index in [1.54, 1.807) is 0 Å². The van der Waals surface area contributed by atoms with Gasteiger partial charge in [0.05, 0.1) is 0 Å². The molecule has 1 aromatic carbocycles. The lowest BCUT2D eigenvalue weighted by atomic mass is 9.84. The molecule has 2 N–H and O–H groups in total. The number of benzene rings is 1. The van der Waals surface area contributed by atoms with Crippen molar-refractivity contribution in [1.29, 1.82) is 0 Å². The van der Waals surface area contributed by atoms with Gasteiger partial charge < -0.3 is 0 Å². The van der Waals surface area contributed by atoms with E-state index < -0.39 is 0 Å². The molecule has 1 atom stereocenters. The van der Waals surface area contributed by atoms with Gasteiger partial charge in [-0.3, -0.25) is 4.84 Å². The first kappa shape index (κ1) is 11.6. The van der Waals surface area contributed by atoms with Crippen LogP contribution in [0.25, 0.3) is 0 Å². The molecule has 0 aromatic heterocycles. The minimum atomic E-state index is 0.0734. The summed E-state index contributed by atoms with van der Waals surface area (Å²) in [6, 6.07) is 10.3. The van der Waals surface area contributed by atoms with E-state index in [1.165, 1.54) is 37.7 Å². The Bertz CT molecular complexity index is 293. The first-order valence-corrected chi connectivity index (χ1v) is 6.30. The fraction of sp³-hybridized carbons (Fsp3) is 0.571. The quantitative estimate of drug-likeness (QED) is 0.785. The fourth-order valence-corrected chi connectivity index (χ4v) is 2.66. The predicted octanol–water partition coefficient (Wildman–Crippen LogP) is 3.59. The lowest BCUT2D eigenvalue weighted by Crippen LogP contribution is -2.16. The molecule has 1 unspecified atom stereocenters. The van der Waals surface area contributed by atoms with Crippen LogP contribution < -0.4 is 5.90 Å². The van der Waals surface area contributed by atoms with Crippen molar-refractivity contribution in [1.82, 2.24) is 0 Å². The minimum Gasteiger partial charge on any atom is -0.297 e. The summed E-state index contributed by atoms with van der Waals surface area (Å²) in [6.45, 7) is 0. The van der Waals surface area contributed by atoms with Crippen LogP contribution in [0.15, 0.2) is 30.3 Å². The normalized spacial score (nSPS) is 19.6. The smallest absolute Gasteiger partial charge is 0.104 e. The molecule has 1 aliphatic rings. The van der Waals surface area contributed by atoms with Gasteiger partial charge in [-0.15, -0.1) is 0 Å². The zero-order chi connectivity index (χ0) is 11.2. The summed E-state index contributed by atoms with van der Waals surface area (Å²) in [5, 5.41) is 0. The van der Waals surface area contributed by atoms with Crippen molar-refractivity contribution in [2.45, 2.75) is 44.6 Å². The summed E-state index contributed by atoms with van der Waals surface area (Å²) in [6.07, 6.45) is 7.97. The van der Waals surface area contributed by atoms with Gasteiger partial charge in [-0.05, 0) is 17.9 Å². The lowest BCUT2D eigenvalue weighted by Gasteiger charge is -2.25. The highest BCUT2D eigenvalue weighted by molar-refractivity contribution is 5.17. The molecular weight excluding hydrogens is 198 g/mol. The molecule has 0 amide bonds. The molecule has 2 heteroatoms. The first-order valence-electron chi connectivity index (χ1n) is 6.30. The molecule has 0 heterocycles. The molecule has 1 aliphatic carbocycles. The molecule has 0 radical (unpaired) electrons. The molecular formula is C14H21NO. The van der Waals surface area contributed by atoms with Gasteiger partial charge in [-0.1, -0.05) is 62.4 Å². The second kappa shape index (κ2) is 6.02. The Morgan fingerprint density at radius 3 is 2.44 bits per heavy atom. The van der Waals surface area contributed by atoms with Gasteiger partial charge in [0.25, 0.3) is 0 Å². The Morgan fingerprint density at radius 1 is 1.12 bits per heavy atom. The van der Waals surface area contributed by atoms with Gasteiger partial charge >= 0.3 is 0 Å². The second-order valence-electron chi connectivity index (χ2n) is 4.78. The van der Waals surface area contributed by atoms with Crippen molar-refractivity contribution in [3.63, 3.8) is 0 Å². The van der Waals surface area contributed by atoms with Gasteiger partial charge in [0, 0.05) is 0 Å². The maximum absolute atomic E-state index is 5.42. The summed E-state index contributed by atoms with van der Waals surface area (Å²) in [4.78, 5) is 5.14. The Hall–Kier alpha value is -0.860. The van der Waals surface area contributed by atoms with Crippen molar-refractivity contribution in [3.8, 4) is 0 Å². The van der Waals surface area contributed by atoms with E-state index >= 15 is 0 Å². The summed E-state index contributed by atoms with van der Waals surface area (Å²) >= 11 is 0. The Balaban J connectivity index is 1.94. The monoisotopic (exact) mass is 219 g/mol. The highest BCUT2D eigenvalue weighted by Crippen LogP contribution is 2.32. The fourth-order valence-electron chi connectivity index (χ4n) is 2.66. The molecule has 2 nitrogen and oxygen atoms in total. The van der Waals surface area contributed by atoms with Crippen molar-refractivity contribution in [2.24, 2.45) is 11.8 Å². The van der Waals surface area contributed by atoms with Gasteiger partial charge in [0.1, 0.15) is 6.10 Å². The number of rotatable bonds is 4. The molecule has 1 fully saturated rings. The highest BCUT2D eigenvalue weighted by Gasteiger charge is 2.20. The van der Waals surface area contributed by atoms with E-state index in [9.17, 15) is 0 Å². The number of hydrogen-bond donors (Lipinski definition) is 1. The van der Waals surface area contributed by atoms with Crippen molar-refractivity contribution in [3.05, 3.63) is 35.9 Å². The molecule has 1 aromatic rings.